The molecule has 0 fully saturated rings. The number of nitrogens with one attached hydrogen (secondary N) is 1. The Labute approximate surface area is 177 Å². The summed E-state index contributed by atoms with van der Waals surface area (Å²) in [5.41, 5.74) is 1.91. The number of allylic oxidation sites excluding steroid dienone is 2. The van der Waals surface area contributed by atoms with Crippen LogP contribution in [-0.4, -0.2) is 44.1 Å². The zero-order valence-corrected chi connectivity index (χ0v) is 17.5. The number of ether oxygens (including phenoxy) is 3. The average molecular weight is 418 g/mol. The van der Waals surface area contributed by atoms with Crippen LogP contribution in [0.15, 0.2) is 48.1 Å². The second kappa shape index (κ2) is 12.9. The molecule has 1 aliphatic rings. The molecule has 0 bridgehead atoms. The van der Waals surface area contributed by atoms with E-state index in [1.807, 2.05) is 19.1 Å². The number of carbonyl (C=O) groups excluding carboxylic acids is 1. The van der Waals surface area contributed by atoms with E-state index in [-0.39, 0.29) is 30.4 Å². The molecule has 1 aromatic carbocycles. The summed E-state index contributed by atoms with van der Waals surface area (Å²) < 4.78 is 16.1. The molecule has 1 aromatic rings. The molecular weight excluding hydrogens is 388 g/mol. The molecule has 1 amide bonds. The normalized spacial score (nSPS) is 18.3. The van der Waals surface area contributed by atoms with Crippen LogP contribution < -0.4 is 5.32 Å². The number of nitro benzene ring substituents is 1. The minimum Gasteiger partial charge on any atom is -0.382 e. The van der Waals surface area contributed by atoms with Gasteiger partial charge < -0.3 is 19.5 Å². The maximum Gasteiger partial charge on any atom is 0.269 e. The van der Waals surface area contributed by atoms with Gasteiger partial charge in [-0.05, 0) is 30.4 Å². The molecule has 0 saturated carbocycles. The summed E-state index contributed by atoms with van der Waals surface area (Å²) in [4.78, 5) is 22.6. The van der Waals surface area contributed by atoms with Gasteiger partial charge in [0.1, 0.15) is 6.79 Å². The first-order valence-electron chi connectivity index (χ1n) is 10.1. The molecule has 1 N–H and O–H groups in total. The minimum atomic E-state index is -0.444. The van der Waals surface area contributed by atoms with Crippen molar-refractivity contribution in [3.05, 3.63) is 63.7 Å². The molecule has 164 valence electrons. The second-order valence-electron chi connectivity index (χ2n) is 7.14. The van der Waals surface area contributed by atoms with Crippen molar-refractivity contribution in [2.24, 2.45) is 5.92 Å². The molecule has 30 heavy (non-hydrogen) atoms. The predicted molar refractivity (Wildman–Crippen MR) is 113 cm³/mol. The molecule has 8 heteroatoms. The first-order valence-corrected chi connectivity index (χ1v) is 10.1. The molecule has 2 atom stereocenters. The van der Waals surface area contributed by atoms with E-state index >= 15 is 0 Å². The van der Waals surface area contributed by atoms with E-state index in [2.05, 4.69) is 11.4 Å². The predicted octanol–water partition coefficient (Wildman–Crippen LogP) is 3.52. The molecule has 8 nitrogen and oxygen atoms in total. The van der Waals surface area contributed by atoms with Gasteiger partial charge in [0.05, 0.1) is 24.2 Å². The van der Waals surface area contributed by atoms with Gasteiger partial charge in [-0.3, -0.25) is 14.9 Å². The van der Waals surface area contributed by atoms with Gasteiger partial charge in [-0.2, -0.15) is 0 Å². The van der Waals surface area contributed by atoms with Gasteiger partial charge in [0.2, 0.25) is 5.91 Å². The molecule has 0 unspecified atom stereocenters. The standard InChI is InChI=1S/C22H30N2O6/c1-17(22(25)23-15-18-8-11-20(12-9-18)24(26)27)7-10-19-5-3-4-6-21(19)30-16-29-14-13-28-2/h3,5,8-12,17,21H,4,6-7,13-16H2,1-2H3,(H,23,25)/b19-10+/t17-,21-/m1/s1. The van der Waals surface area contributed by atoms with Crippen LogP contribution in [0.1, 0.15) is 31.7 Å². The van der Waals surface area contributed by atoms with E-state index in [1.54, 1.807) is 19.2 Å². The van der Waals surface area contributed by atoms with Crippen LogP contribution in [0.25, 0.3) is 0 Å². The van der Waals surface area contributed by atoms with Gasteiger partial charge in [-0.1, -0.05) is 37.3 Å². The van der Waals surface area contributed by atoms with Crippen molar-refractivity contribution in [2.45, 2.75) is 38.8 Å². The molecule has 0 aliphatic heterocycles. The monoisotopic (exact) mass is 418 g/mol. The molecule has 1 aliphatic carbocycles. The third-order valence-electron chi connectivity index (χ3n) is 4.83. The van der Waals surface area contributed by atoms with Gasteiger partial charge in [-0.15, -0.1) is 0 Å². The fourth-order valence-electron chi connectivity index (χ4n) is 2.97. The SMILES string of the molecule is COCCOCO[C@@H]1CCC=C/C1=C\C[C@@H](C)C(=O)NCc1ccc([N+](=O)[O-])cc1. The summed E-state index contributed by atoms with van der Waals surface area (Å²) >= 11 is 0. The molecule has 0 spiro atoms. The lowest BCUT2D eigenvalue weighted by atomic mass is 9.95. The summed E-state index contributed by atoms with van der Waals surface area (Å²) in [5, 5.41) is 13.6. The zero-order valence-electron chi connectivity index (χ0n) is 17.5. The Hall–Kier alpha value is -2.55. The summed E-state index contributed by atoms with van der Waals surface area (Å²) in [6, 6.07) is 6.16. The van der Waals surface area contributed by atoms with Crippen molar-refractivity contribution in [3.63, 3.8) is 0 Å². The highest BCUT2D eigenvalue weighted by Crippen LogP contribution is 2.22. The highest BCUT2D eigenvalue weighted by molar-refractivity contribution is 5.78. The number of rotatable bonds is 12. The zero-order chi connectivity index (χ0) is 21.8. The Morgan fingerprint density at radius 1 is 1.33 bits per heavy atom. The van der Waals surface area contributed by atoms with Gasteiger partial charge in [0, 0.05) is 31.7 Å². The Balaban J connectivity index is 1.79. The van der Waals surface area contributed by atoms with Crippen molar-refractivity contribution in [2.75, 3.05) is 27.1 Å². The topological polar surface area (TPSA) is 99.9 Å². The maximum absolute atomic E-state index is 12.4. The number of amides is 1. The molecule has 0 heterocycles. The Bertz CT molecular complexity index is 744. The van der Waals surface area contributed by atoms with Crippen molar-refractivity contribution >= 4 is 11.6 Å². The van der Waals surface area contributed by atoms with E-state index in [9.17, 15) is 14.9 Å². The molecule has 0 saturated heterocycles. The number of nitro groups is 1. The third-order valence-corrected chi connectivity index (χ3v) is 4.83. The van der Waals surface area contributed by atoms with Crippen molar-refractivity contribution in [3.8, 4) is 0 Å². The fourth-order valence-corrected chi connectivity index (χ4v) is 2.97. The number of non-ortho nitro benzene ring substituents is 1. The smallest absolute Gasteiger partial charge is 0.269 e. The number of hydrogen-bond acceptors (Lipinski definition) is 6. The fraction of sp³-hybridized carbons (Fsp3) is 0.500. The van der Waals surface area contributed by atoms with Crippen LogP contribution in [-0.2, 0) is 25.5 Å². The quantitative estimate of drug-likeness (QED) is 0.241. The van der Waals surface area contributed by atoms with Crippen LogP contribution in [0.3, 0.4) is 0 Å². The van der Waals surface area contributed by atoms with Crippen molar-refractivity contribution < 1.29 is 23.9 Å². The molecule has 2 rings (SSSR count). The second-order valence-corrected chi connectivity index (χ2v) is 7.14. The third kappa shape index (κ3) is 8.06. The minimum absolute atomic E-state index is 0.0338. The van der Waals surface area contributed by atoms with Crippen LogP contribution in [0.4, 0.5) is 5.69 Å². The number of hydrogen-bond donors (Lipinski definition) is 1. The first kappa shape index (κ1) is 23.7. The van der Waals surface area contributed by atoms with Crippen LogP contribution in [0.2, 0.25) is 0 Å². The number of methoxy groups -OCH3 is 1. The Morgan fingerprint density at radius 3 is 2.80 bits per heavy atom. The molecule has 0 radical (unpaired) electrons. The van der Waals surface area contributed by atoms with E-state index in [0.29, 0.717) is 26.2 Å². The van der Waals surface area contributed by atoms with Gasteiger partial charge in [-0.25, -0.2) is 0 Å². The van der Waals surface area contributed by atoms with Crippen molar-refractivity contribution in [1.29, 1.82) is 0 Å². The Morgan fingerprint density at radius 2 is 2.10 bits per heavy atom. The largest absolute Gasteiger partial charge is 0.382 e. The lowest BCUT2D eigenvalue weighted by molar-refractivity contribution is -0.384. The van der Waals surface area contributed by atoms with Crippen molar-refractivity contribution in [1.82, 2.24) is 5.32 Å². The van der Waals surface area contributed by atoms with Crippen LogP contribution in [0.5, 0.6) is 0 Å². The summed E-state index contributed by atoms with van der Waals surface area (Å²) in [7, 11) is 1.63. The van der Waals surface area contributed by atoms with Crippen LogP contribution in [0, 0.1) is 16.0 Å². The average Bonchev–Trinajstić information content (AvgIpc) is 2.76. The van der Waals surface area contributed by atoms with E-state index in [4.69, 9.17) is 14.2 Å². The molecular formula is C22H30N2O6. The Kier molecular flexibility index (Phi) is 10.2. The van der Waals surface area contributed by atoms with E-state index in [0.717, 1.165) is 24.0 Å². The summed E-state index contributed by atoms with van der Waals surface area (Å²) in [5.74, 6) is -0.269. The highest BCUT2D eigenvalue weighted by atomic mass is 16.7. The van der Waals surface area contributed by atoms with Crippen LogP contribution >= 0.6 is 0 Å². The number of carbonyl (C=O) groups is 1. The lowest BCUT2D eigenvalue weighted by Crippen LogP contribution is -2.28. The van der Waals surface area contributed by atoms with Gasteiger partial charge in [0.15, 0.2) is 0 Å². The van der Waals surface area contributed by atoms with Gasteiger partial charge in [0.25, 0.3) is 5.69 Å². The maximum atomic E-state index is 12.4. The lowest BCUT2D eigenvalue weighted by Gasteiger charge is -2.22. The number of nitrogens with zero attached hydrogens (tertiary/aromatic N) is 1. The highest BCUT2D eigenvalue weighted by Gasteiger charge is 2.18. The van der Waals surface area contributed by atoms with E-state index < -0.39 is 4.92 Å². The molecule has 0 aromatic heterocycles. The van der Waals surface area contributed by atoms with E-state index in [1.165, 1.54) is 12.1 Å². The number of benzene rings is 1. The van der Waals surface area contributed by atoms with Gasteiger partial charge >= 0.3 is 0 Å². The summed E-state index contributed by atoms with van der Waals surface area (Å²) in [6.07, 6.45) is 8.60. The first-order chi connectivity index (χ1) is 14.5. The summed E-state index contributed by atoms with van der Waals surface area (Å²) in [6.45, 7) is 3.44.